The molecule has 2 unspecified atom stereocenters. The molecule has 0 radical (unpaired) electrons. The first-order valence-electron chi connectivity index (χ1n) is 7.83. The quantitative estimate of drug-likeness (QED) is 0.720. The Balaban J connectivity index is 1.52. The third-order valence-corrected chi connectivity index (χ3v) is 4.67. The summed E-state index contributed by atoms with van der Waals surface area (Å²) in [5.74, 6) is -0.369. The van der Waals surface area contributed by atoms with Gasteiger partial charge in [-0.2, -0.15) is 0 Å². The van der Waals surface area contributed by atoms with Gasteiger partial charge in [0.05, 0.1) is 12.3 Å². The molecule has 1 saturated heterocycles. The molecule has 1 aliphatic heterocycles. The van der Waals surface area contributed by atoms with Gasteiger partial charge in [0.1, 0.15) is 0 Å². The van der Waals surface area contributed by atoms with E-state index in [1.807, 2.05) is 0 Å². The molecule has 0 aromatic rings. The molecule has 3 aliphatic rings. The van der Waals surface area contributed by atoms with E-state index in [9.17, 15) is 14.4 Å². The van der Waals surface area contributed by atoms with Crippen LogP contribution in [0, 0.1) is 17.8 Å². The highest BCUT2D eigenvalue weighted by molar-refractivity contribution is 5.89. The van der Waals surface area contributed by atoms with Crippen molar-refractivity contribution in [1.82, 2.24) is 10.2 Å². The van der Waals surface area contributed by atoms with Crippen LogP contribution in [-0.2, 0) is 14.4 Å². The lowest BCUT2D eigenvalue weighted by Crippen LogP contribution is -2.42. The number of aliphatic carboxylic acids is 1. The van der Waals surface area contributed by atoms with Gasteiger partial charge in [-0.25, -0.2) is 0 Å². The maximum absolute atomic E-state index is 12.3. The van der Waals surface area contributed by atoms with Crippen molar-refractivity contribution in [3.8, 4) is 0 Å². The van der Waals surface area contributed by atoms with Gasteiger partial charge in [0.15, 0.2) is 0 Å². The van der Waals surface area contributed by atoms with E-state index >= 15 is 0 Å². The van der Waals surface area contributed by atoms with Crippen molar-refractivity contribution in [3.63, 3.8) is 0 Å². The minimum absolute atomic E-state index is 0.0249. The van der Waals surface area contributed by atoms with Crippen LogP contribution in [0.1, 0.15) is 38.5 Å². The fourth-order valence-electron chi connectivity index (χ4n) is 3.06. The molecule has 0 aromatic carbocycles. The molecule has 116 valence electrons. The number of hydrogen-bond acceptors (Lipinski definition) is 3. The molecular weight excluding hydrogens is 272 g/mol. The Morgan fingerprint density at radius 3 is 2.57 bits per heavy atom. The molecule has 1 heterocycles. The Labute approximate surface area is 123 Å². The number of rotatable bonds is 7. The first-order valence-corrected chi connectivity index (χ1v) is 7.83. The number of nitrogens with one attached hydrogen (secondary N) is 1. The molecule has 3 rings (SSSR count). The molecule has 0 spiro atoms. The Kier molecular flexibility index (Phi) is 3.87. The molecule has 2 saturated carbocycles. The zero-order chi connectivity index (χ0) is 15.0. The van der Waals surface area contributed by atoms with Crippen LogP contribution in [0.25, 0.3) is 0 Å². The van der Waals surface area contributed by atoms with Crippen molar-refractivity contribution < 1.29 is 19.5 Å². The summed E-state index contributed by atoms with van der Waals surface area (Å²) in [7, 11) is 0. The summed E-state index contributed by atoms with van der Waals surface area (Å²) in [6, 6.07) is -0.275. The first kappa shape index (κ1) is 14.4. The minimum Gasteiger partial charge on any atom is -0.481 e. The molecule has 0 bridgehead atoms. The van der Waals surface area contributed by atoms with Crippen LogP contribution in [0.4, 0.5) is 0 Å². The molecule has 6 heteroatoms. The smallest absolute Gasteiger partial charge is 0.305 e. The van der Waals surface area contributed by atoms with Crippen LogP contribution in [0.2, 0.25) is 0 Å². The van der Waals surface area contributed by atoms with Crippen molar-refractivity contribution >= 4 is 17.8 Å². The summed E-state index contributed by atoms with van der Waals surface area (Å²) < 4.78 is 0. The van der Waals surface area contributed by atoms with E-state index in [1.165, 1.54) is 12.8 Å². The van der Waals surface area contributed by atoms with E-state index in [-0.39, 0.29) is 36.6 Å². The predicted molar refractivity (Wildman–Crippen MR) is 74.3 cm³/mol. The fourth-order valence-corrected chi connectivity index (χ4v) is 3.06. The van der Waals surface area contributed by atoms with Gasteiger partial charge in [0, 0.05) is 25.6 Å². The van der Waals surface area contributed by atoms with Gasteiger partial charge in [-0.15, -0.1) is 0 Å². The lowest BCUT2D eigenvalue weighted by molar-refractivity contribution is -0.138. The molecule has 21 heavy (non-hydrogen) atoms. The first-order chi connectivity index (χ1) is 10.0. The van der Waals surface area contributed by atoms with Crippen LogP contribution in [0.3, 0.4) is 0 Å². The summed E-state index contributed by atoms with van der Waals surface area (Å²) >= 11 is 0. The summed E-state index contributed by atoms with van der Waals surface area (Å²) in [4.78, 5) is 36.9. The average molecular weight is 294 g/mol. The lowest BCUT2D eigenvalue weighted by atomic mass is 10.0. The number of amides is 2. The number of carboxylic acid groups (broad SMARTS) is 1. The van der Waals surface area contributed by atoms with Gasteiger partial charge in [-0.3, -0.25) is 14.4 Å². The third kappa shape index (κ3) is 3.74. The second-order valence-electron chi connectivity index (χ2n) is 6.69. The number of nitrogens with zero attached hydrogens (tertiary/aromatic N) is 1. The van der Waals surface area contributed by atoms with Crippen LogP contribution in [0.5, 0.6) is 0 Å². The van der Waals surface area contributed by atoms with E-state index < -0.39 is 5.97 Å². The van der Waals surface area contributed by atoms with Crippen molar-refractivity contribution in [3.05, 3.63) is 0 Å². The summed E-state index contributed by atoms with van der Waals surface area (Å²) in [5, 5.41) is 11.8. The van der Waals surface area contributed by atoms with Gasteiger partial charge >= 0.3 is 5.97 Å². The van der Waals surface area contributed by atoms with Gasteiger partial charge in [-0.05, 0) is 37.5 Å². The van der Waals surface area contributed by atoms with Crippen molar-refractivity contribution in [1.29, 1.82) is 0 Å². The lowest BCUT2D eigenvalue weighted by Gasteiger charge is -2.19. The van der Waals surface area contributed by atoms with Gasteiger partial charge in [0.2, 0.25) is 11.8 Å². The van der Waals surface area contributed by atoms with E-state index in [2.05, 4.69) is 5.32 Å². The summed E-state index contributed by atoms with van der Waals surface area (Å²) in [6.07, 6.45) is 4.57. The second-order valence-corrected chi connectivity index (χ2v) is 6.69. The van der Waals surface area contributed by atoms with E-state index in [0.717, 1.165) is 19.4 Å². The Morgan fingerprint density at radius 2 is 2.00 bits per heavy atom. The Hall–Kier alpha value is -1.59. The third-order valence-electron chi connectivity index (χ3n) is 4.67. The second kappa shape index (κ2) is 5.66. The molecule has 2 N–H and O–H groups in total. The van der Waals surface area contributed by atoms with Crippen LogP contribution in [0.15, 0.2) is 0 Å². The number of likely N-dealkylation sites (tertiary alicyclic amines) is 1. The Morgan fingerprint density at radius 1 is 1.29 bits per heavy atom. The molecule has 2 amide bonds. The average Bonchev–Trinajstić information content (AvgIpc) is 3.29. The van der Waals surface area contributed by atoms with Crippen LogP contribution >= 0.6 is 0 Å². The van der Waals surface area contributed by atoms with Gasteiger partial charge < -0.3 is 15.3 Å². The van der Waals surface area contributed by atoms with Gasteiger partial charge in [0.25, 0.3) is 0 Å². The summed E-state index contributed by atoms with van der Waals surface area (Å²) in [5.41, 5.74) is 0. The molecule has 2 atom stereocenters. The van der Waals surface area contributed by atoms with E-state index in [1.54, 1.807) is 4.90 Å². The number of carboxylic acids is 1. The largest absolute Gasteiger partial charge is 0.481 e. The monoisotopic (exact) mass is 294 g/mol. The fraction of sp³-hybridized carbons (Fsp3) is 0.800. The standard InChI is InChI=1S/C15H22N2O4/c18-13-5-11(8-17(13)7-9-1-2-9)15(21)16-12(6-14(19)20)10-3-4-10/h9-12H,1-8H2,(H,16,21)(H,19,20). The maximum atomic E-state index is 12.3. The molecular formula is C15H22N2O4. The SMILES string of the molecule is O=C(O)CC(NC(=O)C1CC(=O)N(CC2CC2)C1)C1CC1. The number of carbonyl (C=O) groups excluding carboxylic acids is 2. The highest BCUT2D eigenvalue weighted by Gasteiger charge is 2.39. The predicted octanol–water partition coefficient (Wildman–Crippen LogP) is 0.614. The zero-order valence-electron chi connectivity index (χ0n) is 12.1. The van der Waals surface area contributed by atoms with Gasteiger partial charge in [-0.1, -0.05) is 0 Å². The highest BCUT2D eigenvalue weighted by atomic mass is 16.4. The molecule has 0 aromatic heterocycles. The minimum atomic E-state index is -0.884. The highest BCUT2D eigenvalue weighted by Crippen LogP contribution is 2.35. The molecule has 2 aliphatic carbocycles. The molecule has 6 nitrogen and oxygen atoms in total. The molecule has 3 fully saturated rings. The normalized spacial score (nSPS) is 26.8. The zero-order valence-corrected chi connectivity index (χ0v) is 12.1. The van der Waals surface area contributed by atoms with E-state index in [0.29, 0.717) is 18.4 Å². The Bertz CT molecular complexity index is 457. The van der Waals surface area contributed by atoms with Crippen molar-refractivity contribution in [2.75, 3.05) is 13.1 Å². The van der Waals surface area contributed by atoms with Crippen LogP contribution < -0.4 is 5.32 Å². The topological polar surface area (TPSA) is 86.7 Å². The maximum Gasteiger partial charge on any atom is 0.305 e. The van der Waals surface area contributed by atoms with Crippen LogP contribution in [-0.4, -0.2) is 46.9 Å². The van der Waals surface area contributed by atoms with Crippen molar-refractivity contribution in [2.45, 2.75) is 44.6 Å². The number of carbonyl (C=O) groups is 3. The summed E-state index contributed by atoms with van der Waals surface area (Å²) in [6.45, 7) is 1.27. The number of hydrogen-bond donors (Lipinski definition) is 2. The van der Waals surface area contributed by atoms with E-state index in [4.69, 9.17) is 5.11 Å². The van der Waals surface area contributed by atoms with Crippen molar-refractivity contribution in [2.24, 2.45) is 17.8 Å².